The second-order valence-electron chi connectivity index (χ2n) is 15.1. The molecule has 12 rings (SSSR count). The lowest BCUT2D eigenvalue weighted by Gasteiger charge is -2.47. The number of hydrogen-bond acceptors (Lipinski definition) is 2. The summed E-state index contributed by atoms with van der Waals surface area (Å²) in [5.74, 6) is 0. The predicted octanol–water partition coefficient (Wildman–Crippen LogP) is 15.1. The highest BCUT2D eigenvalue weighted by atomic mass is 32.2. The van der Waals surface area contributed by atoms with Crippen molar-refractivity contribution in [3.05, 3.63) is 235 Å². The van der Waals surface area contributed by atoms with Crippen LogP contribution in [0.15, 0.2) is 232 Å². The van der Waals surface area contributed by atoms with Gasteiger partial charge in [0, 0.05) is 36.0 Å². The van der Waals surface area contributed by atoms with E-state index in [1.807, 2.05) is 23.5 Å². The Kier molecular flexibility index (Phi) is 7.69. The summed E-state index contributed by atoms with van der Waals surface area (Å²) in [6, 6.07) is 78.9. The van der Waals surface area contributed by atoms with Gasteiger partial charge in [-0.05, 0) is 110 Å². The first-order chi connectivity index (χ1) is 28.8. The Hall–Kier alpha value is -6.52. The lowest BCUT2D eigenvalue weighted by atomic mass is 9.61. The maximum Gasteiger partial charge on any atom is 0.0757 e. The largest absolute Gasteiger partial charge is 0.309 e. The third-order valence-electron chi connectivity index (χ3n) is 12.1. The molecule has 9 aromatic carbocycles. The van der Waals surface area contributed by atoms with Gasteiger partial charge in [-0.15, -0.1) is 0 Å². The molecule has 1 atom stereocenters. The van der Waals surface area contributed by atoms with Crippen LogP contribution in [0.3, 0.4) is 0 Å². The lowest BCUT2D eigenvalue weighted by molar-refractivity contribution is 0.671. The Bertz CT molecular complexity index is 3210. The zero-order chi connectivity index (χ0) is 38.2. The summed E-state index contributed by atoms with van der Waals surface area (Å²) >= 11 is 3.82. The molecule has 2 aliphatic rings. The highest BCUT2D eigenvalue weighted by Gasteiger charge is 2.51. The van der Waals surface area contributed by atoms with Gasteiger partial charge in [-0.2, -0.15) is 0 Å². The van der Waals surface area contributed by atoms with Crippen LogP contribution in [0.4, 0.5) is 0 Å². The first kappa shape index (κ1) is 33.6. The topological polar surface area (TPSA) is 4.93 Å². The van der Waals surface area contributed by atoms with E-state index in [0.29, 0.717) is 0 Å². The smallest absolute Gasteiger partial charge is 0.0757 e. The zero-order valence-electron chi connectivity index (χ0n) is 31.5. The summed E-state index contributed by atoms with van der Waals surface area (Å²) < 4.78 is 2.43. The van der Waals surface area contributed by atoms with Crippen molar-refractivity contribution in [2.75, 3.05) is 0 Å². The van der Waals surface area contributed by atoms with Crippen LogP contribution < -0.4 is 0 Å². The van der Waals surface area contributed by atoms with Gasteiger partial charge in [0.15, 0.2) is 0 Å². The van der Waals surface area contributed by atoms with E-state index in [-0.39, 0.29) is 0 Å². The van der Waals surface area contributed by atoms with Crippen molar-refractivity contribution < 1.29 is 0 Å². The molecule has 2 aliphatic heterocycles. The maximum atomic E-state index is 2.46. The molecule has 0 amide bonds. The minimum Gasteiger partial charge on any atom is -0.309 e. The van der Waals surface area contributed by atoms with Crippen LogP contribution in [0.5, 0.6) is 0 Å². The van der Waals surface area contributed by atoms with Crippen LogP contribution in [0, 0.1) is 0 Å². The first-order valence-electron chi connectivity index (χ1n) is 19.8. The number of benzene rings is 9. The van der Waals surface area contributed by atoms with Crippen LogP contribution in [0.1, 0.15) is 22.3 Å². The second kappa shape index (κ2) is 13.3. The Morgan fingerprint density at radius 1 is 0.345 bits per heavy atom. The standard InChI is InChI=1S/C55H35NS2/c1-4-18-36(19-5-1)38-34-43(37-20-6-2-7-21-37)54-51(35-38)58-49-32-15-12-28-45(49)55(54)44-27-11-14-31-48(44)57-50-33-17-26-41(53(50)55)40-25-16-30-47-52(40)42-24-10-13-29-46(42)56(47)39-22-8-3-9-23-39/h1-35H. The van der Waals surface area contributed by atoms with E-state index in [9.17, 15) is 0 Å². The van der Waals surface area contributed by atoms with Gasteiger partial charge >= 0.3 is 0 Å². The summed E-state index contributed by atoms with van der Waals surface area (Å²) in [5.41, 5.74) is 15.7. The average Bonchev–Trinajstić information content (AvgIpc) is 3.64. The molecule has 3 heterocycles. The van der Waals surface area contributed by atoms with Crippen LogP contribution >= 0.6 is 23.5 Å². The highest BCUT2D eigenvalue weighted by Crippen LogP contribution is 2.65. The molecule has 0 saturated carbocycles. The molecule has 58 heavy (non-hydrogen) atoms. The van der Waals surface area contributed by atoms with Gasteiger partial charge in [0.25, 0.3) is 0 Å². The molecular weight excluding hydrogens is 739 g/mol. The fourth-order valence-electron chi connectivity index (χ4n) is 9.83. The molecule has 3 heteroatoms. The molecule has 0 aliphatic carbocycles. The summed E-state index contributed by atoms with van der Waals surface area (Å²) in [5, 5.41) is 2.53. The third kappa shape index (κ3) is 4.87. The summed E-state index contributed by atoms with van der Waals surface area (Å²) in [6.45, 7) is 0. The minimum atomic E-state index is -0.634. The van der Waals surface area contributed by atoms with E-state index < -0.39 is 5.41 Å². The third-order valence-corrected chi connectivity index (χ3v) is 14.3. The molecule has 0 saturated heterocycles. The van der Waals surface area contributed by atoms with Gasteiger partial charge in [0.1, 0.15) is 0 Å². The van der Waals surface area contributed by atoms with Gasteiger partial charge in [-0.3, -0.25) is 0 Å². The Balaban J connectivity index is 1.26. The number of hydrogen-bond donors (Lipinski definition) is 0. The molecule has 10 aromatic rings. The van der Waals surface area contributed by atoms with Crippen LogP contribution in [-0.2, 0) is 5.41 Å². The summed E-state index contributed by atoms with van der Waals surface area (Å²) in [6.07, 6.45) is 0. The second-order valence-corrected chi connectivity index (χ2v) is 17.3. The SMILES string of the molecule is c1ccc(-c2cc3c(c(-c4ccccc4)c2)C2(c4ccccc4S3)c3ccccc3Sc3cccc(-c4cccc5c4c4ccccc4n5-c4ccccc4)c32)cc1. The van der Waals surface area contributed by atoms with E-state index in [1.54, 1.807) is 0 Å². The van der Waals surface area contributed by atoms with E-state index in [4.69, 9.17) is 0 Å². The fourth-order valence-corrected chi connectivity index (χ4v) is 12.3. The van der Waals surface area contributed by atoms with Crippen LogP contribution in [0.2, 0.25) is 0 Å². The van der Waals surface area contributed by atoms with E-state index in [1.165, 1.54) is 97.0 Å². The number of nitrogens with zero attached hydrogens (tertiary/aromatic N) is 1. The molecule has 272 valence electrons. The number of aromatic nitrogens is 1. The number of fused-ring (bicyclic) bond motifs is 11. The van der Waals surface area contributed by atoms with Gasteiger partial charge in [-0.1, -0.05) is 181 Å². The van der Waals surface area contributed by atoms with Crippen molar-refractivity contribution in [3.63, 3.8) is 0 Å². The molecule has 1 aromatic heterocycles. The number of rotatable bonds is 4. The van der Waals surface area contributed by atoms with Gasteiger partial charge in [0.05, 0.1) is 16.4 Å². The Morgan fingerprint density at radius 2 is 0.879 bits per heavy atom. The van der Waals surface area contributed by atoms with Gasteiger partial charge < -0.3 is 4.57 Å². The average molecular weight is 774 g/mol. The predicted molar refractivity (Wildman–Crippen MR) is 244 cm³/mol. The van der Waals surface area contributed by atoms with E-state index in [2.05, 4.69) is 217 Å². The molecule has 1 nitrogen and oxygen atoms in total. The molecule has 1 spiro atoms. The van der Waals surface area contributed by atoms with Crippen molar-refractivity contribution >= 4 is 45.3 Å². The molecular formula is C55H35NS2. The quantitative estimate of drug-likeness (QED) is 0.175. The van der Waals surface area contributed by atoms with Crippen molar-refractivity contribution in [2.45, 2.75) is 25.0 Å². The van der Waals surface area contributed by atoms with Crippen LogP contribution in [0.25, 0.3) is 60.9 Å². The molecule has 0 radical (unpaired) electrons. The van der Waals surface area contributed by atoms with Crippen molar-refractivity contribution in [2.24, 2.45) is 0 Å². The molecule has 0 bridgehead atoms. The Morgan fingerprint density at radius 3 is 1.62 bits per heavy atom. The zero-order valence-corrected chi connectivity index (χ0v) is 33.1. The van der Waals surface area contributed by atoms with Crippen molar-refractivity contribution in [1.29, 1.82) is 0 Å². The molecule has 0 N–H and O–H groups in total. The van der Waals surface area contributed by atoms with Gasteiger partial charge in [-0.25, -0.2) is 0 Å². The molecule has 0 fully saturated rings. The fraction of sp³-hybridized carbons (Fsp3) is 0.0182. The minimum absolute atomic E-state index is 0.634. The van der Waals surface area contributed by atoms with E-state index in [0.717, 1.165) is 5.69 Å². The molecule has 1 unspecified atom stereocenters. The van der Waals surface area contributed by atoms with Crippen molar-refractivity contribution in [3.8, 4) is 39.1 Å². The monoisotopic (exact) mass is 773 g/mol. The van der Waals surface area contributed by atoms with Gasteiger partial charge in [0.2, 0.25) is 0 Å². The van der Waals surface area contributed by atoms with Crippen LogP contribution in [-0.4, -0.2) is 4.57 Å². The number of para-hydroxylation sites is 2. The summed E-state index contributed by atoms with van der Waals surface area (Å²) in [4.78, 5) is 5.17. The normalized spacial score (nSPS) is 15.2. The maximum absolute atomic E-state index is 2.46. The highest BCUT2D eigenvalue weighted by molar-refractivity contribution is 8.00. The summed E-state index contributed by atoms with van der Waals surface area (Å²) in [7, 11) is 0. The first-order valence-corrected chi connectivity index (χ1v) is 21.5. The van der Waals surface area contributed by atoms with Crippen molar-refractivity contribution in [1.82, 2.24) is 4.57 Å². The Labute approximate surface area is 346 Å². The lowest BCUT2D eigenvalue weighted by Crippen LogP contribution is -2.38. The van der Waals surface area contributed by atoms with E-state index >= 15 is 0 Å².